The minimum absolute atomic E-state index is 0.102. The van der Waals surface area contributed by atoms with Crippen LogP contribution in [0.1, 0.15) is 31.2 Å². The fraction of sp³-hybridized carbons (Fsp3) is 0.619. The molecule has 0 aromatic heterocycles. The lowest BCUT2D eigenvalue weighted by Gasteiger charge is -2.22. The maximum absolute atomic E-state index is 12.5. The zero-order valence-electron chi connectivity index (χ0n) is 16.9. The van der Waals surface area contributed by atoms with Crippen LogP contribution in [0.25, 0.3) is 0 Å². The van der Waals surface area contributed by atoms with Crippen molar-refractivity contribution in [3.05, 3.63) is 23.8 Å². The van der Waals surface area contributed by atoms with Gasteiger partial charge in [0.1, 0.15) is 18.0 Å². The number of aryl methyl sites for hydroxylation is 1. The second kappa shape index (κ2) is 9.39. The average Bonchev–Trinajstić information content (AvgIpc) is 3.18. The van der Waals surface area contributed by atoms with Gasteiger partial charge in [-0.25, -0.2) is 0 Å². The topological polar surface area (TPSA) is 77.1 Å². The number of rotatable bonds is 6. The lowest BCUT2D eigenvalue weighted by molar-refractivity contribution is -0.143. The summed E-state index contributed by atoms with van der Waals surface area (Å²) < 4.78 is 17.0. The van der Waals surface area contributed by atoms with Crippen molar-refractivity contribution < 1.29 is 23.8 Å². The summed E-state index contributed by atoms with van der Waals surface area (Å²) in [5.41, 5.74) is 1.70. The van der Waals surface area contributed by atoms with E-state index in [9.17, 15) is 9.59 Å². The molecule has 1 aromatic carbocycles. The molecule has 2 amide bonds. The summed E-state index contributed by atoms with van der Waals surface area (Å²) in [4.78, 5) is 26.0. The van der Waals surface area contributed by atoms with Gasteiger partial charge in [0.25, 0.3) is 11.8 Å². The van der Waals surface area contributed by atoms with Crippen LogP contribution in [-0.2, 0) is 19.1 Å². The highest BCUT2D eigenvalue weighted by Crippen LogP contribution is 2.26. The molecular weight excluding hydrogens is 360 g/mol. The Morgan fingerprint density at radius 1 is 1.14 bits per heavy atom. The molecule has 0 bridgehead atoms. The number of benzene rings is 1. The van der Waals surface area contributed by atoms with Crippen LogP contribution in [0.15, 0.2) is 18.2 Å². The van der Waals surface area contributed by atoms with Crippen LogP contribution in [0.3, 0.4) is 0 Å². The van der Waals surface area contributed by atoms with Gasteiger partial charge in [0.05, 0.1) is 6.61 Å². The van der Waals surface area contributed by atoms with Crippen LogP contribution in [0, 0.1) is 12.8 Å². The van der Waals surface area contributed by atoms with Crippen LogP contribution in [-0.4, -0.2) is 62.8 Å². The molecule has 7 nitrogen and oxygen atoms in total. The van der Waals surface area contributed by atoms with E-state index in [2.05, 4.69) is 5.32 Å². The van der Waals surface area contributed by atoms with Gasteiger partial charge in [-0.1, -0.05) is 6.07 Å². The van der Waals surface area contributed by atoms with Gasteiger partial charge in [0.15, 0.2) is 0 Å². The van der Waals surface area contributed by atoms with Gasteiger partial charge in [-0.15, -0.1) is 0 Å². The number of carbonyl (C=O) groups excluding carboxylic acids is 2. The molecular formula is C21H30N2O5. The van der Waals surface area contributed by atoms with Crippen LogP contribution < -0.4 is 10.1 Å². The lowest BCUT2D eigenvalue weighted by Crippen LogP contribution is -2.35. The molecule has 2 heterocycles. The molecule has 154 valence electrons. The summed E-state index contributed by atoms with van der Waals surface area (Å²) >= 11 is 0. The first-order chi connectivity index (χ1) is 13.4. The molecule has 2 aliphatic heterocycles. The van der Waals surface area contributed by atoms with Crippen molar-refractivity contribution in [3.8, 4) is 5.75 Å². The first kappa shape index (κ1) is 20.6. The van der Waals surface area contributed by atoms with Gasteiger partial charge in [-0.2, -0.15) is 0 Å². The number of amides is 2. The number of anilines is 1. The Bertz CT molecular complexity index is 700. The Balaban J connectivity index is 1.55. The molecule has 0 spiro atoms. The van der Waals surface area contributed by atoms with E-state index in [0.717, 1.165) is 37.4 Å². The minimum atomic E-state index is -0.609. The third-order valence-corrected chi connectivity index (χ3v) is 5.30. The number of likely N-dealkylation sites (N-methyl/N-ethyl adjacent to an activating group) is 1. The number of nitrogens with one attached hydrogen (secondary N) is 1. The van der Waals surface area contributed by atoms with Gasteiger partial charge in [-0.3, -0.25) is 9.59 Å². The minimum Gasteiger partial charge on any atom is -0.493 e. The molecule has 2 fully saturated rings. The van der Waals surface area contributed by atoms with E-state index in [1.165, 1.54) is 4.90 Å². The summed E-state index contributed by atoms with van der Waals surface area (Å²) in [5, 5.41) is 2.89. The van der Waals surface area contributed by atoms with Crippen LogP contribution >= 0.6 is 0 Å². The number of hydrogen-bond donors (Lipinski definition) is 1. The predicted octanol–water partition coefficient (Wildman–Crippen LogP) is 2.37. The summed E-state index contributed by atoms with van der Waals surface area (Å²) in [5.74, 6) is 0.949. The van der Waals surface area contributed by atoms with E-state index in [0.29, 0.717) is 31.1 Å². The largest absolute Gasteiger partial charge is 0.493 e. The summed E-state index contributed by atoms with van der Waals surface area (Å²) in [6.45, 7) is 4.23. The van der Waals surface area contributed by atoms with E-state index < -0.39 is 12.2 Å². The van der Waals surface area contributed by atoms with Crippen molar-refractivity contribution in [2.45, 2.75) is 44.8 Å². The molecule has 1 aromatic rings. The van der Waals surface area contributed by atoms with Crippen LogP contribution in [0.4, 0.5) is 5.69 Å². The normalized spacial score (nSPS) is 22.7. The second-order valence-corrected chi connectivity index (χ2v) is 7.76. The highest BCUT2D eigenvalue weighted by Gasteiger charge is 2.35. The van der Waals surface area contributed by atoms with E-state index in [1.54, 1.807) is 14.1 Å². The zero-order chi connectivity index (χ0) is 20.1. The Hall–Kier alpha value is -2.12. The second-order valence-electron chi connectivity index (χ2n) is 7.76. The van der Waals surface area contributed by atoms with Gasteiger partial charge >= 0.3 is 0 Å². The molecule has 28 heavy (non-hydrogen) atoms. The van der Waals surface area contributed by atoms with Crippen molar-refractivity contribution in [1.82, 2.24) is 4.90 Å². The van der Waals surface area contributed by atoms with E-state index in [1.807, 2.05) is 25.1 Å². The molecule has 0 saturated carbocycles. The summed E-state index contributed by atoms with van der Waals surface area (Å²) in [6.07, 6.45) is 1.98. The van der Waals surface area contributed by atoms with Gasteiger partial charge in [0, 0.05) is 39.1 Å². The SMILES string of the molecule is Cc1ccc(NC(=O)[C@@H]2CC[C@H](C(=O)N(C)C)O2)cc1OCC1CCOCC1. The van der Waals surface area contributed by atoms with Crippen molar-refractivity contribution >= 4 is 17.5 Å². The van der Waals surface area contributed by atoms with Crippen LogP contribution in [0.5, 0.6) is 5.75 Å². The Labute approximate surface area is 166 Å². The van der Waals surface area contributed by atoms with E-state index >= 15 is 0 Å². The highest BCUT2D eigenvalue weighted by molar-refractivity contribution is 5.95. The zero-order valence-corrected chi connectivity index (χ0v) is 16.9. The lowest BCUT2D eigenvalue weighted by atomic mass is 10.0. The smallest absolute Gasteiger partial charge is 0.253 e. The summed E-state index contributed by atoms with van der Waals surface area (Å²) in [6, 6.07) is 5.64. The molecule has 7 heteroatoms. The fourth-order valence-electron chi connectivity index (χ4n) is 3.48. The quantitative estimate of drug-likeness (QED) is 0.807. The Morgan fingerprint density at radius 2 is 1.86 bits per heavy atom. The van der Waals surface area contributed by atoms with Crippen LogP contribution in [0.2, 0.25) is 0 Å². The van der Waals surface area contributed by atoms with Gasteiger partial charge in [-0.05, 0) is 50.2 Å². The standard InChI is InChI=1S/C21H30N2O5/c1-14-4-5-16(12-19(14)27-13-15-8-10-26-11-9-15)22-20(24)17-6-7-18(28-17)21(25)23(2)3/h4-5,12,15,17-18H,6-11,13H2,1-3H3,(H,22,24)/t17-,18+/m0/s1. The molecule has 2 saturated heterocycles. The maximum Gasteiger partial charge on any atom is 0.253 e. The third-order valence-electron chi connectivity index (χ3n) is 5.30. The molecule has 2 atom stereocenters. The molecule has 1 N–H and O–H groups in total. The number of hydrogen-bond acceptors (Lipinski definition) is 5. The molecule has 3 rings (SSSR count). The maximum atomic E-state index is 12.5. The van der Waals surface area contributed by atoms with Crippen molar-refractivity contribution in [3.63, 3.8) is 0 Å². The molecule has 0 aliphatic carbocycles. The molecule has 0 radical (unpaired) electrons. The fourth-order valence-corrected chi connectivity index (χ4v) is 3.48. The first-order valence-corrected chi connectivity index (χ1v) is 9.92. The summed E-state index contributed by atoms with van der Waals surface area (Å²) in [7, 11) is 3.38. The molecule has 2 aliphatic rings. The average molecular weight is 390 g/mol. The third kappa shape index (κ3) is 5.23. The first-order valence-electron chi connectivity index (χ1n) is 9.92. The molecule has 0 unspecified atom stereocenters. The Morgan fingerprint density at radius 3 is 2.57 bits per heavy atom. The van der Waals surface area contributed by atoms with E-state index in [-0.39, 0.29) is 11.8 Å². The highest BCUT2D eigenvalue weighted by atomic mass is 16.5. The monoisotopic (exact) mass is 390 g/mol. The predicted molar refractivity (Wildman–Crippen MR) is 105 cm³/mol. The van der Waals surface area contributed by atoms with Gasteiger partial charge < -0.3 is 24.4 Å². The van der Waals surface area contributed by atoms with Gasteiger partial charge in [0.2, 0.25) is 0 Å². The number of ether oxygens (including phenoxy) is 3. The van der Waals surface area contributed by atoms with E-state index in [4.69, 9.17) is 14.2 Å². The van der Waals surface area contributed by atoms with Crippen molar-refractivity contribution in [2.75, 3.05) is 39.2 Å². The Kier molecular flexibility index (Phi) is 6.91. The number of carbonyl (C=O) groups is 2. The van der Waals surface area contributed by atoms with Crippen molar-refractivity contribution in [1.29, 1.82) is 0 Å². The number of nitrogens with zero attached hydrogens (tertiary/aromatic N) is 1. The van der Waals surface area contributed by atoms with Crippen molar-refractivity contribution in [2.24, 2.45) is 5.92 Å².